The third kappa shape index (κ3) is 3.49. The summed E-state index contributed by atoms with van der Waals surface area (Å²) in [5.41, 5.74) is 2.88. The second-order valence-corrected chi connectivity index (χ2v) is 8.42. The number of fused-ring (bicyclic) bond motifs is 2. The molecule has 0 aromatic heterocycles. The molecular weight excluding hydrogens is 371 g/mol. The number of aliphatic carboxylic acids is 1. The van der Waals surface area contributed by atoms with Gasteiger partial charge < -0.3 is 25.0 Å². The molecular formula is C21H23BN2O5. The zero-order valence-corrected chi connectivity index (χ0v) is 16.8. The highest BCUT2D eigenvalue weighted by atomic mass is 16.7. The molecule has 29 heavy (non-hydrogen) atoms. The van der Waals surface area contributed by atoms with Gasteiger partial charge in [-0.3, -0.25) is 9.59 Å². The fourth-order valence-corrected chi connectivity index (χ4v) is 3.41. The van der Waals surface area contributed by atoms with Gasteiger partial charge in [-0.1, -0.05) is 12.1 Å². The Kier molecular flexibility index (Phi) is 4.44. The van der Waals surface area contributed by atoms with Crippen molar-refractivity contribution >= 4 is 41.5 Å². The maximum absolute atomic E-state index is 12.7. The van der Waals surface area contributed by atoms with Gasteiger partial charge in [-0.05, 0) is 63.0 Å². The summed E-state index contributed by atoms with van der Waals surface area (Å²) in [7, 11) is -0.532. The van der Waals surface area contributed by atoms with Gasteiger partial charge in [0.05, 0.1) is 40.2 Å². The van der Waals surface area contributed by atoms with Gasteiger partial charge in [0.2, 0.25) is 0 Å². The van der Waals surface area contributed by atoms with Crippen molar-refractivity contribution < 1.29 is 24.0 Å². The van der Waals surface area contributed by atoms with Crippen LogP contribution in [-0.2, 0) is 20.5 Å². The van der Waals surface area contributed by atoms with Crippen LogP contribution in [0.15, 0.2) is 36.4 Å². The zero-order chi connectivity index (χ0) is 21.0. The number of amides is 1. The SMILES string of the molecule is CC1(C)OB(c2ccc3c(c2)Nc2ccc(CC(=O)O)cc2NC3=O)OC1(C)C. The van der Waals surface area contributed by atoms with E-state index in [1.807, 2.05) is 39.8 Å². The predicted octanol–water partition coefficient (Wildman–Crippen LogP) is 2.92. The van der Waals surface area contributed by atoms with Crippen molar-refractivity contribution in [1.82, 2.24) is 0 Å². The molecule has 2 aromatic rings. The average molecular weight is 394 g/mol. The number of nitrogens with one attached hydrogen (secondary N) is 2. The highest BCUT2D eigenvalue weighted by Gasteiger charge is 2.51. The van der Waals surface area contributed by atoms with E-state index in [4.69, 9.17) is 14.4 Å². The molecule has 150 valence electrons. The highest BCUT2D eigenvalue weighted by Crippen LogP contribution is 2.37. The van der Waals surface area contributed by atoms with E-state index in [2.05, 4.69) is 10.6 Å². The molecule has 1 amide bonds. The van der Waals surface area contributed by atoms with Crippen molar-refractivity contribution in [1.29, 1.82) is 0 Å². The van der Waals surface area contributed by atoms with Crippen LogP contribution in [0.5, 0.6) is 0 Å². The van der Waals surface area contributed by atoms with Gasteiger partial charge in [0, 0.05) is 0 Å². The molecule has 0 atom stereocenters. The number of anilines is 3. The third-order valence-corrected chi connectivity index (χ3v) is 5.77. The lowest BCUT2D eigenvalue weighted by Crippen LogP contribution is -2.41. The molecule has 4 rings (SSSR count). The lowest BCUT2D eigenvalue weighted by atomic mass is 9.78. The molecule has 0 spiro atoms. The van der Waals surface area contributed by atoms with Crippen LogP contribution < -0.4 is 16.1 Å². The normalized spacial score (nSPS) is 18.9. The van der Waals surface area contributed by atoms with E-state index in [1.54, 1.807) is 24.3 Å². The summed E-state index contributed by atoms with van der Waals surface area (Å²) >= 11 is 0. The Labute approximate surface area is 169 Å². The summed E-state index contributed by atoms with van der Waals surface area (Å²) in [6, 6.07) is 10.6. The number of carbonyl (C=O) groups is 2. The molecule has 2 aliphatic rings. The molecule has 2 aliphatic heterocycles. The standard InChI is InChI=1S/C21H23BN2O5/c1-20(2)21(3,4)29-22(28-20)13-6-7-14-16(11-13)23-15-8-5-12(10-18(25)26)9-17(15)24-19(14)27/h5-9,11,23H,10H2,1-4H3,(H,24,27)(H,25,26). The largest absolute Gasteiger partial charge is 0.494 e. The second kappa shape index (κ2) is 6.61. The number of carboxylic acids is 1. The summed E-state index contributed by atoms with van der Waals surface area (Å²) in [5, 5.41) is 15.1. The molecule has 1 fully saturated rings. The van der Waals surface area contributed by atoms with Crippen molar-refractivity contribution in [3.05, 3.63) is 47.5 Å². The Morgan fingerprint density at radius 3 is 2.31 bits per heavy atom. The maximum atomic E-state index is 12.7. The summed E-state index contributed by atoms with van der Waals surface area (Å²) in [6.45, 7) is 7.97. The van der Waals surface area contributed by atoms with E-state index in [1.165, 1.54) is 0 Å². The molecule has 0 bridgehead atoms. The molecule has 1 saturated heterocycles. The van der Waals surface area contributed by atoms with Crippen molar-refractivity contribution in [2.24, 2.45) is 0 Å². The molecule has 0 unspecified atom stereocenters. The van der Waals surface area contributed by atoms with Crippen LogP contribution >= 0.6 is 0 Å². The highest BCUT2D eigenvalue weighted by molar-refractivity contribution is 6.62. The minimum absolute atomic E-state index is 0.109. The Morgan fingerprint density at radius 2 is 1.66 bits per heavy atom. The van der Waals surface area contributed by atoms with Crippen molar-refractivity contribution in [2.45, 2.75) is 45.3 Å². The molecule has 2 aromatic carbocycles. The zero-order valence-electron chi connectivity index (χ0n) is 16.8. The lowest BCUT2D eigenvalue weighted by molar-refractivity contribution is -0.136. The summed E-state index contributed by atoms with van der Waals surface area (Å²) in [4.78, 5) is 23.7. The van der Waals surface area contributed by atoms with Gasteiger partial charge in [0.15, 0.2) is 0 Å². The van der Waals surface area contributed by atoms with Crippen LogP contribution in [0.4, 0.5) is 17.1 Å². The number of rotatable bonds is 3. The Morgan fingerprint density at radius 1 is 0.966 bits per heavy atom. The summed E-state index contributed by atoms with van der Waals surface area (Å²) in [6.07, 6.45) is -0.109. The van der Waals surface area contributed by atoms with E-state index >= 15 is 0 Å². The van der Waals surface area contributed by atoms with Gasteiger partial charge in [-0.25, -0.2) is 0 Å². The predicted molar refractivity (Wildman–Crippen MR) is 111 cm³/mol. The van der Waals surface area contributed by atoms with Gasteiger partial charge >= 0.3 is 13.1 Å². The number of hydrogen-bond acceptors (Lipinski definition) is 5. The molecule has 3 N–H and O–H groups in total. The Hall–Kier alpha value is -2.84. The first-order chi connectivity index (χ1) is 13.6. The fourth-order valence-electron chi connectivity index (χ4n) is 3.41. The summed E-state index contributed by atoms with van der Waals surface area (Å²) < 4.78 is 12.2. The monoisotopic (exact) mass is 394 g/mol. The Balaban J connectivity index is 1.67. The topological polar surface area (TPSA) is 96.9 Å². The van der Waals surface area contributed by atoms with E-state index in [0.717, 1.165) is 5.46 Å². The number of benzene rings is 2. The average Bonchev–Trinajstić information content (AvgIpc) is 2.75. The van der Waals surface area contributed by atoms with E-state index in [-0.39, 0.29) is 12.3 Å². The molecule has 0 aliphatic carbocycles. The Bertz CT molecular complexity index is 1000. The first-order valence-electron chi connectivity index (χ1n) is 9.48. The van der Waals surface area contributed by atoms with Crippen LogP contribution in [0, 0.1) is 0 Å². The molecule has 2 heterocycles. The second-order valence-electron chi connectivity index (χ2n) is 8.42. The smallest absolute Gasteiger partial charge is 0.481 e. The minimum atomic E-state index is -0.923. The molecule has 0 radical (unpaired) electrons. The first kappa shape index (κ1) is 19.5. The molecule has 7 nitrogen and oxygen atoms in total. The van der Waals surface area contributed by atoms with Crippen LogP contribution in [0.3, 0.4) is 0 Å². The van der Waals surface area contributed by atoms with E-state index in [0.29, 0.717) is 28.2 Å². The van der Waals surface area contributed by atoms with Gasteiger partial charge in [-0.2, -0.15) is 0 Å². The fraction of sp³-hybridized carbons (Fsp3) is 0.333. The van der Waals surface area contributed by atoms with E-state index < -0.39 is 24.3 Å². The lowest BCUT2D eigenvalue weighted by Gasteiger charge is -2.32. The third-order valence-electron chi connectivity index (χ3n) is 5.77. The van der Waals surface area contributed by atoms with Crippen LogP contribution in [0.2, 0.25) is 0 Å². The van der Waals surface area contributed by atoms with Crippen LogP contribution in [-0.4, -0.2) is 35.3 Å². The number of hydrogen-bond donors (Lipinski definition) is 3. The maximum Gasteiger partial charge on any atom is 0.494 e. The summed E-state index contributed by atoms with van der Waals surface area (Å²) in [5.74, 6) is -1.19. The number of carbonyl (C=O) groups excluding carboxylic acids is 1. The quantitative estimate of drug-likeness (QED) is 0.693. The van der Waals surface area contributed by atoms with Crippen molar-refractivity contribution in [2.75, 3.05) is 10.6 Å². The minimum Gasteiger partial charge on any atom is -0.481 e. The van der Waals surface area contributed by atoms with Gasteiger partial charge in [-0.15, -0.1) is 0 Å². The number of carboxylic acid groups (broad SMARTS) is 1. The van der Waals surface area contributed by atoms with Gasteiger partial charge in [0.25, 0.3) is 5.91 Å². The first-order valence-corrected chi connectivity index (χ1v) is 9.48. The van der Waals surface area contributed by atoms with Gasteiger partial charge in [0.1, 0.15) is 0 Å². The molecule has 0 saturated carbocycles. The van der Waals surface area contributed by atoms with Crippen LogP contribution in [0.25, 0.3) is 0 Å². The van der Waals surface area contributed by atoms with Crippen molar-refractivity contribution in [3.8, 4) is 0 Å². The molecule has 8 heteroatoms. The van der Waals surface area contributed by atoms with E-state index in [9.17, 15) is 9.59 Å². The van der Waals surface area contributed by atoms with Crippen molar-refractivity contribution in [3.63, 3.8) is 0 Å². The van der Waals surface area contributed by atoms with Crippen LogP contribution in [0.1, 0.15) is 43.6 Å².